The van der Waals surface area contributed by atoms with Gasteiger partial charge < -0.3 is 5.32 Å². The van der Waals surface area contributed by atoms with Crippen molar-refractivity contribution in [3.63, 3.8) is 0 Å². The summed E-state index contributed by atoms with van der Waals surface area (Å²) in [6, 6.07) is 0.122. The molecule has 0 atom stereocenters. The summed E-state index contributed by atoms with van der Waals surface area (Å²) in [5.41, 5.74) is 2.36. The minimum atomic E-state index is -0.222. The lowest BCUT2D eigenvalue weighted by Gasteiger charge is -2.13. The molecule has 4 heteroatoms. The van der Waals surface area contributed by atoms with Gasteiger partial charge in [-0.25, -0.2) is 10.3 Å². The Hall–Kier alpha value is -0.770. The van der Waals surface area contributed by atoms with Crippen LogP contribution in [-0.4, -0.2) is 18.2 Å². The van der Waals surface area contributed by atoms with Crippen molar-refractivity contribution < 1.29 is 9.63 Å². The fourth-order valence-corrected chi connectivity index (χ4v) is 1.46. The summed E-state index contributed by atoms with van der Waals surface area (Å²) in [6.07, 6.45) is 4.64. The van der Waals surface area contributed by atoms with Crippen LogP contribution in [0.4, 0.5) is 4.79 Å². The monoisotopic (exact) mass is 186 g/mol. The van der Waals surface area contributed by atoms with Crippen LogP contribution < -0.4 is 10.8 Å². The van der Waals surface area contributed by atoms with Gasteiger partial charge in [-0.1, -0.05) is 12.8 Å². The molecule has 76 valence electrons. The fraction of sp³-hybridized carbons (Fsp3) is 0.889. The number of hydroxylamine groups is 1. The highest BCUT2D eigenvalue weighted by molar-refractivity contribution is 5.73. The van der Waals surface area contributed by atoms with Crippen LogP contribution in [0, 0.1) is 0 Å². The van der Waals surface area contributed by atoms with Gasteiger partial charge in [0.05, 0.1) is 6.10 Å². The van der Waals surface area contributed by atoms with Gasteiger partial charge in [0.1, 0.15) is 0 Å². The summed E-state index contributed by atoms with van der Waals surface area (Å²) in [5, 5.41) is 2.86. The van der Waals surface area contributed by atoms with Crippen molar-refractivity contribution in [3.8, 4) is 0 Å². The van der Waals surface area contributed by atoms with Crippen LogP contribution in [0.5, 0.6) is 0 Å². The molecule has 2 amide bonds. The Morgan fingerprint density at radius 1 is 1.38 bits per heavy atom. The van der Waals surface area contributed by atoms with Crippen LogP contribution in [0.15, 0.2) is 0 Å². The molecule has 0 saturated heterocycles. The third kappa shape index (κ3) is 4.12. The Morgan fingerprint density at radius 2 is 2.00 bits per heavy atom. The Labute approximate surface area is 79.0 Å². The molecular weight excluding hydrogens is 168 g/mol. The first-order valence-corrected chi connectivity index (χ1v) is 4.90. The lowest BCUT2D eigenvalue weighted by atomic mass is 10.3. The maximum absolute atomic E-state index is 11.2. The SMILES string of the molecule is CC(C)ONC(=O)NC1CCCC1. The van der Waals surface area contributed by atoms with Gasteiger partial charge in [0.2, 0.25) is 0 Å². The molecule has 2 N–H and O–H groups in total. The highest BCUT2D eigenvalue weighted by Gasteiger charge is 2.16. The van der Waals surface area contributed by atoms with Gasteiger partial charge in [0, 0.05) is 6.04 Å². The number of amides is 2. The first-order valence-electron chi connectivity index (χ1n) is 4.90. The molecule has 13 heavy (non-hydrogen) atoms. The van der Waals surface area contributed by atoms with Gasteiger partial charge in [0.15, 0.2) is 0 Å². The standard InChI is InChI=1S/C9H18N2O2/c1-7(2)13-11-9(12)10-8-5-3-4-6-8/h7-8H,3-6H2,1-2H3,(H2,10,11,12). The molecule has 0 aliphatic heterocycles. The van der Waals surface area contributed by atoms with E-state index in [1.54, 1.807) is 0 Å². The summed E-state index contributed by atoms with van der Waals surface area (Å²) in [7, 11) is 0. The quantitative estimate of drug-likeness (QED) is 0.657. The summed E-state index contributed by atoms with van der Waals surface area (Å²) < 4.78 is 0. The molecule has 0 aromatic carbocycles. The van der Waals surface area contributed by atoms with Crippen LogP contribution in [0.2, 0.25) is 0 Å². The second-order valence-electron chi connectivity index (χ2n) is 3.72. The van der Waals surface area contributed by atoms with Crippen LogP contribution in [0.25, 0.3) is 0 Å². The number of carbonyl (C=O) groups is 1. The minimum absolute atomic E-state index is 0.0225. The van der Waals surface area contributed by atoms with Gasteiger partial charge in [0.25, 0.3) is 0 Å². The maximum atomic E-state index is 11.2. The first kappa shape index (κ1) is 10.3. The molecule has 1 aliphatic carbocycles. The van der Waals surface area contributed by atoms with E-state index in [2.05, 4.69) is 10.8 Å². The molecule has 0 spiro atoms. The van der Waals surface area contributed by atoms with Gasteiger partial charge >= 0.3 is 6.03 Å². The zero-order valence-corrected chi connectivity index (χ0v) is 8.30. The Balaban J connectivity index is 2.09. The maximum Gasteiger partial charge on any atom is 0.338 e. The van der Waals surface area contributed by atoms with E-state index in [1.165, 1.54) is 12.8 Å². The van der Waals surface area contributed by atoms with Crippen molar-refractivity contribution in [3.05, 3.63) is 0 Å². The third-order valence-electron chi connectivity index (χ3n) is 2.08. The van der Waals surface area contributed by atoms with Crippen LogP contribution in [0.3, 0.4) is 0 Å². The normalized spacial score (nSPS) is 17.8. The largest absolute Gasteiger partial charge is 0.338 e. The summed E-state index contributed by atoms with van der Waals surface area (Å²) >= 11 is 0. The van der Waals surface area contributed by atoms with E-state index in [4.69, 9.17) is 4.84 Å². The average Bonchev–Trinajstić information content (AvgIpc) is 2.53. The van der Waals surface area contributed by atoms with Gasteiger partial charge in [-0.2, -0.15) is 0 Å². The van der Waals surface area contributed by atoms with Crippen molar-refractivity contribution in [1.82, 2.24) is 10.8 Å². The van der Waals surface area contributed by atoms with Crippen molar-refractivity contribution in [2.24, 2.45) is 0 Å². The van der Waals surface area contributed by atoms with E-state index < -0.39 is 0 Å². The first-order chi connectivity index (χ1) is 6.18. The molecule has 0 unspecified atom stereocenters. The zero-order chi connectivity index (χ0) is 9.68. The molecule has 0 bridgehead atoms. The van der Waals surface area contributed by atoms with Crippen LogP contribution >= 0.6 is 0 Å². The molecule has 1 aliphatic rings. The summed E-state index contributed by atoms with van der Waals surface area (Å²) in [4.78, 5) is 16.1. The lowest BCUT2D eigenvalue weighted by molar-refractivity contribution is 0.0156. The third-order valence-corrected chi connectivity index (χ3v) is 2.08. The number of nitrogens with one attached hydrogen (secondary N) is 2. The van der Waals surface area contributed by atoms with E-state index in [1.807, 2.05) is 13.8 Å². The number of hydrogen-bond acceptors (Lipinski definition) is 2. The van der Waals surface area contributed by atoms with Crippen molar-refractivity contribution in [2.45, 2.75) is 51.7 Å². The van der Waals surface area contributed by atoms with E-state index in [9.17, 15) is 4.79 Å². The van der Waals surface area contributed by atoms with E-state index in [-0.39, 0.29) is 12.1 Å². The van der Waals surface area contributed by atoms with Gasteiger partial charge in [-0.3, -0.25) is 4.84 Å². The van der Waals surface area contributed by atoms with Crippen LogP contribution in [-0.2, 0) is 4.84 Å². The highest BCUT2D eigenvalue weighted by Crippen LogP contribution is 2.17. The van der Waals surface area contributed by atoms with Crippen molar-refractivity contribution in [2.75, 3.05) is 0 Å². The van der Waals surface area contributed by atoms with Crippen LogP contribution in [0.1, 0.15) is 39.5 Å². The molecular formula is C9H18N2O2. The lowest BCUT2D eigenvalue weighted by Crippen LogP contribution is -2.41. The smallest absolute Gasteiger partial charge is 0.334 e. The molecule has 1 fully saturated rings. The molecule has 0 aromatic heterocycles. The van der Waals surface area contributed by atoms with E-state index in [0.717, 1.165) is 12.8 Å². The number of urea groups is 1. The Kier molecular flexibility index (Phi) is 4.02. The topological polar surface area (TPSA) is 50.4 Å². The molecule has 1 rings (SSSR count). The van der Waals surface area contributed by atoms with Crippen molar-refractivity contribution in [1.29, 1.82) is 0 Å². The second-order valence-corrected chi connectivity index (χ2v) is 3.72. The number of carbonyl (C=O) groups excluding carboxylic acids is 1. The summed E-state index contributed by atoms with van der Waals surface area (Å²) in [6.45, 7) is 3.74. The molecule has 4 nitrogen and oxygen atoms in total. The molecule has 0 radical (unpaired) electrons. The summed E-state index contributed by atoms with van der Waals surface area (Å²) in [5.74, 6) is 0. The van der Waals surface area contributed by atoms with E-state index in [0.29, 0.717) is 6.04 Å². The number of hydrogen-bond donors (Lipinski definition) is 2. The minimum Gasteiger partial charge on any atom is -0.334 e. The van der Waals surface area contributed by atoms with Gasteiger partial charge in [-0.05, 0) is 26.7 Å². The van der Waals surface area contributed by atoms with Crippen molar-refractivity contribution >= 4 is 6.03 Å². The highest BCUT2D eigenvalue weighted by atomic mass is 16.7. The molecule has 0 aromatic rings. The van der Waals surface area contributed by atoms with Gasteiger partial charge in [-0.15, -0.1) is 0 Å². The average molecular weight is 186 g/mol. The molecule has 1 saturated carbocycles. The van der Waals surface area contributed by atoms with E-state index >= 15 is 0 Å². The fourth-order valence-electron chi connectivity index (χ4n) is 1.46. The Morgan fingerprint density at radius 3 is 2.54 bits per heavy atom. The molecule has 0 heterocycles. The zero-order valence-electron chi connectivity index (χ0n) is 8.30. The predicted octanol–water partition coefficient (Wildman–Crippen LogP) is 1.57. The Bertz CT molecular complexity index is 165. The number of rotatable bonds is 3. The second kappa shape index (κ2) is 5.07. The predicted molar refractivity (Wildman–Crippen MR) is 50.1 cm³/mol.